The normalized spacial score (nSPS) is 22.4. The van der Waals surface area contributed by atoms with E-state index in [2.05, 4.69) is 74.6 Å². The van der Waals surface area contributed by atoms with Crippen LogP contribution in [0.4, 0.5) is 0 Å². The van der Waals surface area contributed by atoms with Crippen LogP contribution in [0.25, 0.3) is 0 Å². The van der Waals surface area contributed by atoms with Crippen molar-refractivity contribution in [3.05, 3.63) is 60.8 Å². The first-order chi connectivity index (χ1) is 23.9. The van der Waals surface area contributed by atoms with E-state index in [0.717, 1.165) is 96.3 Å². The summed E-state index contributed by atoms with van der Waals surface area (Å²) in [5.74, 6) is -0.341. The molecule has 0 spiro atoms. The standard InChI is InChI=1S/C40H68O9/c1-3-5-7-9-11-13-15-16-17-18-19-20-22-24-26-28-30-46-32-34(33-47-40-39(45)38(44)37(43)35(31-41)49-40)48-36(42)29-27-25-23-21-14-12-10-8-6-4-2/h5,7-8,10-11,13,16-17,19-20,34-35,37-41,43-45H,3-4,6,9,12,14-15,18,21-33H2,1-2H3/b7-5-,10-8-,13-11-,17-16-,20-19-. The Labute approximate surface area is 296 Å². The van der Waals surface area contributed by atoms with Crippen molar-refractivity contribution in [2.24, 2.45) is 0 Å². The van der Waals surface area contributed by atoms with Crippen LogP contribution in [0.1, 0.15) is 123 Å². The van der Waals surface area contributed by atoms with Crippen molar-refractivity contribution in [1.82, 2.24) is 0 Å². The molecule has 0 aromatic rings. The van der Waals surface area contributed by atoms with Gasteiger partial charge in [-0.3, -0.25) is 4.79 Å². The Morgan fingerprint density at radius 3 is 1.90 bits per heavy atom. The lowest BCUT2D eigenvalue weighted by Gasteiger charge is -2.39. The quantitative estimate of drug-likeness (QED) is 0.0351. The van der Waals surface area contributed by atoms with Crippen LogP contribution in [0.2, 0.25) is 0 Å². The Hall–Kier alpha value is -2.11. The highest BCUT2D eigenvalue weighted by Gasteiger charge is 2.44. The highest BCUT2D eigenvalue weighted by atomic mass is 16.7. The average molecular weight is 693 g/mol. The Balaban J connectivity index is 2.37. The summed E-state index contributed by atoms with van der Waals surface area (Å²) >= 11 is 0. The van der Waals surface area contributed by atoms with Crippen LogP contribution in [0.5, 0.6) is 0 Å². The van der Waals surface area contributed by atoms with Gasteiger partial charge >= 0.3 is 5.97 Å². The first kappa shape index (κ1) is 44.9. The molecule has 0 aliphatic carbocycles. The molecule has 0 radical (unpaired) electrons. The molecule has 0 aromatic carbocycles. The molecule has 1 aliphatic heterocycles. The minimum Gasteiger partial charge on any atom is -0.457 e. The highest BCUT2D eigenvalue weighted by Crippen LogP contribution is 2.22. The van der Waals surface area contributed by atoms with Gasteiger partial charge in [-0.1, -0.05) is 107 Å². The van der Waals surface area contributed by atoms with Crippen LogP contribution < -0.4 is 0 Å². The van der Waals surface area contributed by atoms with E-state index in [1.807, 2.05) is 0 Å². The third-order valence-corrected chi connectivity index (χ3v) is 8.15. The fraction of sp³-hybridized carbons (Fsp3) is 0.725. The Kier molecular flexibility index (Phi) is 29.2. The fourth-order valence-corrected chi connectivity index (χ4v) is 5.19. The van der Waals surface area contributed by atoms with E-state index in [1.54, 1.807) is 0 Å². The maximum atomic E-state index is 12.6. The van der Waals surface area contributed by atoms with Crippen molar-refractivity contribution in [1.29, 1.82) is 0 Å². The second kappa shape index (κ2) is 31.8. The lowest BCUT2D eigenvalue weighted by atomic mass is 9.99. The van der Waals surface area contributed by atoms with E-state index in [1.165, 1.54) is 6.42 Å². The van der Waals surface area contributed by atoms with Crippen LogP contribution in [-0.2, 0) is 23.7 Å². The number of aliphatic hydroxyl groups is 4. The zero-order valence-corrected chi connectivity index (χ0v) is 30.4. The number of rotatable bonds is 30. The summed E-state index contributed by atoms with van der Waals surface area (Å²) in [5.41, 5.74) is 0. The smallest absolute Gasteiger partial charge is 0.306 e. The van der Waals surface area contributed by atoms with Crippen molar-refractivity contribution in [2.45, 2.75) is 160 Å². The van der Waals surface area contributed by atoms with E-state index < -0.39 is 43.4 Å². The molecule has 9 nitrogen and oxygen atoms in total. The maximum absolute atomic E-state index is 12.6. The van der Waals surface area contributed by atoms with Crippen LogP contribution in [0.15, 0.2) is 60.8 Å². The number of carbonyl (C=O) groups is 1. The van der Waals surface area contributed by atoms with E-state index in [-0.39, 0.29) is 19.2 Å². The van der Waals surface area contributed by atoms with Gasteiger partial charge in [-0.05, 0) is 70.6 Å². The Morgan fingerprint density at radius 1 is 0.673 bits per heavy atom. The van der Waals surface area contributed by atoms with Gasteiger partial charge < -0.3 is 39.4 Å². The van der Waals surface area contributed by atoms with Gasteiger partial charge in [0.1, 0.15) is 30.5 Å². The van der Waals surface area contributed by atoms with Crippen LogP contribution in [0.3, 0.4) is 0 Å². The number of allylic oxidation sites excluding steroid dienone is 10. The molecule has 0 amide bonds. The van der Waals surface area contributed by atoms with E-state index >= 15 is 0 Å². The van der Waals surface area contributed by atoms with Crippen molar-refractivity contribution in [2.75, 3.05) is 26.4 Å². The number of carbonyl (C=O) groups excluding carboxylic acids is 1. The molecule has 1 rings (SSSR count). The van der Waals surface area contributed by atoms with Gasteiger partial charge in [-0.25, -0.2) is 0 Å². The van der Waals surface area contributed by atoms with Gasteiger partial charge in [0, 0.05) is 13.0 Å². The van der Waals surface area contributed by atoms with Gasteiger partial charge in [-0.15, -0.1) is 0 Å². The molecule has 0 aromatic heterocycles. The summed E-state index contributed by atoms with van der Waals surface area (Å²) in [6.45, 7) is 4.26. The van der Waals surface area contributed by atoms with Crippen molar-refractivity contribution in [3.8, 4) is 0 Å². The predicted octanol–water partition coefficient (Wildman–Crippen LogP) is 7.18. The molecule has 49 heavy (non-hydrogen) atoms. The molecule has 282 valence electrons. The second-order valence-electron chi connectivity index (χ2n) is 12.6. The molecule has 6 atom stereocenters. The molecular weight excluding hydrogens is 624 g/mol. The number of ether oxygens (including phenoxy) is 4. The zero-order valence-electron chi connectivity index (χ0n) is 30.4. The minimum absolute atomic E-state index is 0.117. The van der Waals surface area contributed by atoms with Crippen LogP contribution in [0, 0.1) is 0 Å². The summed E-state index contributed by atoms with van der Waals surface area (Å²) in [4.78, 5) is 12.6. The van der Waals surface area contributed by atoms with Gasteiger partial charge in [0.25, 0.3) is 0 Å². The van der Waals surface area contributed by atoms with Crippen molar-refractivity contribution >= 4 is 5.97 Å². The number of unbranched alkanes of at least 4 members (excludes halogenated alkanes) is 9. The first-order valence-corrected chi connectivity index (χ1v) is 18.9. The molecule has 0 bridgehead atoms. The summed E-state index contributed by atoms with van der Waals surface area (Å²) < 4.78 is 22.6. The molecule has 1 heterocycles. The number of hydrogen-bond donors (Lipinski definition) is 4. The topological polar surface area (TPSA) is 135 Å². The SMILES string of the molecule is CC/C=C\C/C=C\C/C=C\C/C=C\CCCCCOCC(COC1OC(CO)C(O)C(O)C1O)OC(=O)CCCCCCC/C=C\CCC. The Morgan fingerprint density at radius 2 is 1.24 bits per heavy atom. The molecule has 0 saturated carbocycles. The van der Waals surface area contributed by atoms with Gasteiger partial charge in [-0.2, -0.15) is 0 Å². The molecular formula is C40H68O9. The predicted molar refractivity (Wildman–Crippen MR) is 196 cm³/mol. The molecule has 1 fully saturated rings. The number of esters is 1. The lowest BCUT2D eigenvalue weighted by molar-refractivity contribution is -0.305. The van der Waals surface area contributed by atoms with Crippen LogP contribution in [-0.4, -0.2) is 89.6 Å². The van der Waals surface area contributed by atoms with Crippen LogP contribution >= 0.6 is 0 Å². The van der Waals surface area contributed by atoms with E-state index in [0.29, 0.717) is 13.0 Å². The lowest BCUT2D eigenvalue weighted by Crippen LogP contribution is -2.59. The third-order valence-electron chi connectivity index (χ3n) is 8.15. The number of aliphatic hydroxyl groups excluding tert-OH is 4. The zero-order chi connectivity index (χ0) is 35.8. The average Bonchev–Trinajstić information content (AvgIpc) is 3.10. The van der Waals surface area contributed by atoms with Gasteiger partial charge in [0.05, 0.1) is 19.8 Å². The maximum Gasteiger partial charge on any atom is 0.306 e. The largest absolute Gasteiger partial charge is 0.457 e. The molecule has 1 saturated heterocycles. The fourth-order valence-electron chi connectivity index (χ4n) is 5.19. The van der Waals surface area contributed by atoms with E-state index in [4.69, 9.17) is 18.9 Å². The summed E-state index contributed by atoms with van der Waals surface area (Å²) in [7, 11) is 0. The molecule has 4 N–H and O–H groups in total. The van der Waals surface area contributed by atoms with Gasteiger partial charge in [0.2, 0.25) is 0 Å². The molecule has 9 heteroatoms. The monoisotopic (exact) mass is 692 g/mol. The van der Waals surface area contributed by atoms with Crippen molar-refractivity contribution < 1.29 is 44.2 Å². The van der Waals surface area contributed by atoms with Gasteiger partial charge in [0.15, 0.2) is 6.29 Å². The van der Waals surface area contributed by atoms with E-state index in [9.17, 15) is 25.2 Å². The minimum atomic E-state index is -1.54. The summed E-state index contributed by atoms with van der Waals surface area (Å²) in [6.07, 6.45) is 31.1. The highest BCUT2D eigenvalue weighted by molar-refractivity contribution is 5.69. The second-order valence-corrected chi connectivity index (χ2v) is 12.6. The molecule has 1 aliphatic rings. The Bertz CT molecular complexity index is 927. The first-order valence-electron chi connectivity index (χ1n) is 18.9. The number of hydrogen-bond acceptors (Lipinski definition) is 9. The summed E-state index contributed by atoms with van der Waals surface area (Å²) in [6, 6.07) is 0. The third kappa shape index (κ3) is 23.8. The van der Waals surface area contributed by atoms with Crippen molar-refractivity contribution in [3.63, 3.8) is 0 Å². The summed E-state index contributed by atoms with van der Waals surface area (Å²) in [5, 5.41) is 39.9. The molecule has 6 unspecified atom stereocenters.